The van der Waals surface area contributed by atoms with Crippen LogP contribution in [0.25, 0.3) is 0 Å². The van der Waals surface area contributed by atoms with E-state index in [0.717, 1.165) is 19.4 Å². The van der Waals surface area contributed by atoms with Crippen LogP contribution in [0, 0.1) is 12.3 Å². The highest BCUT2D eigenvalue weighted by atomic mass is 16.1. The zero-order valence-corrected chi connectivity index (χ0v) is 15.7. The molecule has 1 aromatic rings. The number of carbonyl (C=O) groups excluding carboxylic acids is 1. The van der Waals surface area contributed by atoms with E-state index in [1.165, 1.54) is 24.1 Å². The molecule has 0 aromatic heterocycles. The zero-order chi connectivity index (χ0) is 17.7. The molecule has 0 amide bonds. The molecule has 132 valence electrons. The minimum absolute atomic E-state index is 0.127. The number of Topliss-reactive ketones (excluding diaryl/α,β-unsaturated/α-hetero) is 1. The standard InChI is InChI=1S/C21H32N2O/c1-16(2)20(24)14-22-18-10-12-21(4,13-11-18)15-23(5)19-8-6-17(3)7-9-19/h6-9,18,22H,1,10-15H2,2-5H3. The van der Waals surface area contributed by atoms with Gasteiger partial charge in [0, 0.05) is 25.3 Å². The van der Waals surface area contributed by atoms with Crippen molar-refractivity contribution < 1.29 is 4.79 Å². The first-order chi connectivity index (χ1) is 11.3. The molecular formula is C21H32N2O. The first kappa shape index (κ1) is 18.7. The lowest BCUT2D eigenvalue weighted by molar-refractivity contribution is -0.114. The van der Waals surface area contributed by atoms with Gasteiger partial charge in [-0.3, -0.25) is 4.79 Å². The topological polar surface area (TPSA) is 32.3 Å². The van der Waals surface area contributed by atoms with Crippen molar-refractivity contribution in [2.24, 2.45) is 5.41 Å². The molecule has 0 radical (unpaired) electrons. The van der Waals surface area contributed by atoms with E-state index >= 15 is 0 Å². The Kier molecular flexibility index (Phi) is 6.22. The SMILES string of the molecule is C=C(C)C(=O)CNC1CCC(C)(CN(C)c2ccc(C)cc2)CC1. The average molecular weight is 329 g/mol. The van der Waals surface area contributed by atoms with Crippen LogP contribution in [0.15, 0.2) is 36.4 Å². The van der Waals surface area contributed by atoms with Gasteiger partial charge in [-0.2, -0.15) is 0 Å². The van der Waals surface area contributed by atoms with E-state index in [9.17, 15) is 4.79 Å². The maximum absolute atomic E-state index is 11.7. The Balaban J connectivity index is 1.82. The fourth-order valence-electron chi connectivity index (χ4n) is 3.53. The highest BCUT2D eigenvalue weighted by Crippen LogP contribution is 2.37. The Morgan fingerprint density at radius 2 is 1.88 bits per heavy atom. The molecule has 0 heterocycles. The van der Waals surface area contributed by atoms with E-state index in [1.54, 1.807) is 6.92 Å². The third-order valence-electron chi connectivity index (χ3n) is 5.31. The van der Waals surface area contributed by atoms with Crippen LogP contribution in [0.5, 0.6) is 0 Å². The Bertz CT molecular complexity index is 568. The molecule has 2 rings (SSSR count). The fraction of sp³-hybridized carbons (Fsp3) is 0.571. The predicted octanol–water partition coefficient (Wildman–Crippen LogP) is 4.11. The van der Waals surface area contributed by atoms with E-state index in [4.69, 9.17) is 0 Å². The van der Waals surface area contributed by atoms with Crippen molar-refractivity contribution in [3.8, 4) is 0 Å². The molecule has 1 saturated carbocycles. The second-order valence-corrected chi connectivity index (χ2v) is 7.86. The molecule has 3 nitrogen and oxygen atoms in total. The number of nitrogens with zero attached hydrogens (tertiary/aromatic N) is 1. The number of ketones is 1. The number of hydrogen-bond acceptors (Lipinski definition) is 3. The van der Waals surface area contributed by atoms with Crippen molar-refractivity contribution in [2.45, 2.75) is 52.5 Å². The Morgan fingerprint density at radius 3 is 2.42 bits per heavy atom. The summed E-state index contributed by atoms with van der Waals surface area (Å²) in [5.41, 5.74) is 3.57. The van der Waals surface area contributed by atoms with Gasteiger partial charge >= 0.3 is 0 Å². The van der Waals surface area contributed by atoms with E-state index in [2.05, 4.69) is 62.0 Å². The number of rotatable bonds is 7. The molecule has 0 saturated heterocycles. The average Bonchev–Trinajstić information content (AvgIpc) is 2.54. The van der Waals surface area contributed by atoms with Crippen LogP contribution in [0.2, 0.25) is 0 Å². The third-order valence-corrected chi connectivity index (χ3v) is 5.31. The molecule has 3 heteroatoms. The number of aryl methyl sites for hydroxylation is 1. The highest BCUT2D eigenvalue weighted by Gasteiger charge is 2.32. The summed E-state index contributed by atoms with van der Waals surface area (Å²) in [6.07, 6.45) is 4.67. The van der Waals surface area contributed by atoms with E-state index in [0.29, 0.717) is 23.6 Å². The van der Waals surface area contributed by atoms with E-state index in [-0.39, 0.29) is 5.78 Å². The van der Waals surface area contributed by atoms with Gasteiger partial charge in [0.05, 0.1) is 6.54 Å². The number of hydrogen-bond donors (Lipinski definition) is 1. The molecule has 0 atom stereocenters. The van der Waals surface area contributed by atoms with Crippen molar-refractivity contribution in [3.63, 3.8) is 0 Å². The van der Waals surface area contributed by atoms with Crippen LogP contribution < -0.4 is 10.2 Å². The van der Waals surface area contributed by atoms with Gasteiger partial charge < -0.3 is 10.2 Å². The van der Waals surface area contributed by atoms with Crippen LogP contribution in [-0.4, -0.2) is 32.0 Å². The first-order valence-corrected chi connectivity index (χ1v) is 8.99. The molecule has 24 heavy (non-hydrogen) atoms. The molecule has 1 aliphatic carbocycles. The molecule has 0 unspecified atom stereocenters. The second kappa shape index (κ2) is 7.98. The summed E-state index contributed by atoms with van der Waals surface area (Å²) in [7, 11) is 2.19. The van der Waals surface area contributed by atoms with Crippen LogP contribution in [0.4, 0.5) is 5.69 Å². The van der Waals surface area contributed by atoms with Crippen molar-refractivity contribution >= 4 is 11.5 Å². The maximum atomic E-state index is 11.7. The molecule has 1 N–H and O–H groups in total. The van der Waals surface area contributed by atoms with Gasteiger partial charge in [0.1, 0.15) is 0 Å². The summed E-state index contributed by atoms with van der Waals surface area (Å²) in [5, 5.41) is 3.41. The maximum Gasteiger partial charge on any atom is 0.171 e. The van der Waals surface area contributed by atoms with Crippen LogP contribution in [0.3, 0.4) is 0 Å². The Labute approximate surface area is 147 Å². The van der Waals surface area contributed by atoms with Gasteiger partial charge in [-0.25, -0.2) is 0 Å². The smallest absolute Gasteiger partial charge is 0.171 e. The first-order valence-electron chi connectivity index (χ1n) is 8.99. The van der Waals surface area contributed by atoms with Crippen molar-refractivity contribution in [3.05, 3.63) is 42.0 Å². The molecule has 0 aliphatic heterocycles. The van der Waals surface area contributed by atoms with Crippen LogP contribution in [0.1, 0.15) is 45.1 Å². The number of anilines is 1. The van der Waals surface area contributed by atoms with Crippen LogP contribution in [-0.2, 0) is 4.79 Å². The lowest BCUT2D eigenvalue weighted by Crippen LogP contribution is -2.42. The van der Waals surface area contributed by atoms with Gasteiger partial charge in [-0.05, 0) is 62.7 Å². The van der Waals surface area contributed by atoms with Crippen molar-refractivity contribution in [1.82, 2.24) is 5.32 Å². The van der Waals surface area contributed by atoms with Gasteiger partial charge in [0.15, 0.2) is 5.78 Å². The summed E-state index contributed by atoms with van der Waals surface area (Å²) < 4.78 is 0. The lowest BCUT2D eigenvalue weighted by Gasteiger charge is -2.40. The normalized spacial score (nSPS) is 23.8. The Morgan fingerprint density at radius 1 is 1.29 bits per heavy atom. The molecule has 1 aliphatic rings. The minimum Gasteiger partial charge on any atom is -0.374 e. The monoisotopic (exact) mass is 328 g/mol. The summed E-state index contributed by atoms with van der Waals surface area (Å²) in [6.45, 7) is 11.5. The van der Waals surface area contributed by atoms with Gasteiger partial charge in [-0.1, -0.05) is 31.2 Å². The Hall–Kier alpha value is -1.61. The quantitative estimate of drug-likeness (QED) is 0.764. The summed E-state index contributed by atoms with van der Waals surface area (Å²) in [5.74, 6) is 0.127. The van der Waals surface area contributed by atoms with Crippen molar-refractivity contribution in [2.75, 3.05) is 25.0 Å². The van der Waals surface area contributed by atoms with Gasteiger partial charge in [0.2, 0.25) is 0 Å². The third kappa shape index (κ3) is 5.20. The molecule has 1 fully saturated rings. The van der Waals surface area contributed by atoms with Gasteiger partial charge in [0.25, 0.3) is 0 Å². The number of benzene rings is 1. The fourth-order valence-corrected chi connectivity index (χ4v) is 3.53. The minimum atomic E-state index is 0.127. The second-order valence-electron chi connectivity index (χ2n) is 7.86. The molecule has 0 spiro atoms. The molecule has 0 bridgehead atoms. The van der Waals surface area contributed by atoms with Crippen LogP contribution >= 0.6 is 0 Å². The lowest BCUT2D eigenvalue weighted by atomic mass is 9.73. The summed E-state index contributed by atoms with van der Waals surface area (Å²) >= 11 is 0. The molecular weight excluding hydrogens is 296 g/mol. The van der Waals surface area contributed by atoms with Gasteiger partial charge in [-0.15, -0.1) is 0 Å². The van der Waals surface area contributed by atoms with Crippen molar-refractivity contribution in [1.29, 1.82) is 0 Å². The number of carbonyl (C=O) groups is 1. The predicted molar refractivity (Wildman–Crippen MR) is 103 cm³/mol. The summed E-state index contributed by atoms with van der Waals surface area (Å²) in [6, 6.07) is 9.22. The molecule has 1 aromatic carbocycles. The highest BCUT2D eigenvalue weighted by molar-refractivity contribution is 5.95. The number of nitrogens with one attached hydrogen (secondary N) is 1. The summed E-state index contributed by atoms with van der Waals surface area (Å²) in [4.78, 5) is 14.0. The largest absolute Gasteiger partial charge is 0.374 e. The zero-order valence-electron chi connectivity index (χ0n) is 15.7. The van der Waals surface area contributed by atoms with E-state index < -0.39 is 0 Å². The van der Waals surface area contributed by atoms with E-state index in [1.807, 2.05) is 0 Å².